The molecule has 0 N–H and O–H groups in total. The second-order valence-corrected chi connectivity index (χ2v) is 33.1. The van der Waals surface area contributed by atoms with Crippen LogP contribution in [0.2, 0.25) is 0 Å². The quantitative estimate of drug-likeness (QED) is 0.0842. The summed E-state index contributed by atoms with van der Waals surface area (Å²) >= 11 is 0. The van der Waals surface area contributed by atoms with Gasteiger partial charge in [-0.3, -0.25) is 0 Å². The molecule has 6 heteroatoms. The van der Waals surface area contributed by atoms with E-state index in [2.05, 4.69) is 403 Å². The highest BCUT2D eigenvalue weighted by molar-refractivity contribution is 7.20. The summed E-state index contributed by atoms with van der Waals surface area (Å²) in [5.41, 5.74) is 18.7. The maximum atomic E-state index is 2.66. The molecule has 0 atom stereocenters. The van der Waals surface area contributed by atoms with Gasteiger partial charge in [-0.2, -0.15) is 0 Å². The molecule has 3 nitrogen and oxygen atoms in total. The van der Waals surface area contributed by atoms with E-state index in [1.165, 1.54) is 90.9 Å². The average Bonchev–Trinajstić information content (AvgIpc) is 1.00. The molecule has 450 valence electrons. The summed E-state index contributed by atoms with van der Waals surface area (Å²) in [5.74, 6) is 0. The molecule has 1 aromatic heterocycles. The zero-order valence-electron chi connectivity index (χ0n) is 52.9. The Morgan fingerprint density at radius 1 is 0.208 bits per heavy atom. The van der Waals surface area contributed by atoms with Crippen molar-refractivity contribution in [1.82, 2.24) is 4.57 Å². The highest BCUT2D eigenvalue weighted by atomic mass is 28.3. The van der Waals surface area contributed by atoms with E-state index in [1.807, 2.05) is 0 Å². The molecular formula is C90H64BN3Si2. The number of benzene rings is 15. The lowest BCUT2D eigenvalue weighted by atomic mass is 9.33. The van der Waals surface area contributed by atoms with Crippen LogP contribution >= 0.6 is 0 Å². The number of hydrogen-bond acceptors (Lipinski definition) is 2. The van der Waals surface area contributed by atoms with Crippen LogP contribution in [0.1, 0.15) is 0 Å². The Bertz CT molecular complexity index is 5260. The van der Waals surface area contributed by atoms with Gasteiger partial charge in [0, 0.05) is 44.9 Å². The standard InChI is InChI=1S/C90H64BN3Si2/c1-9-29-65(30-10-1)67-49-52-69(53-50-67)93-87-61-68(66-31-11-2-12-32-66)51-59-82(87)91-83-64-79(96(75-39-19-6-20-40-75,76-41-21-7-22-42-76)77-43-23-8-24-44-77)58-60-86(83)92(88-62-71(63-89(93)90(88)91)94-84-47-27-25-45-80(84)81-46-26-28-48-85(81)94)70-54-56-78(57-55-70)95(72-33-13-3-14-34-72,73-35-15-4-16-36-73)74-37-17-5-18-38-74/h1-64H. The van der Waals surface area contributed by atoms with Gasteiger partial charge in [0.15, 0.2) is 16.1 Å². The maximum absolute atomic E-state index is 3.08. The van der Waals surface area contributed by atoms with E-state index in [1.54, 1.807) is 0 Å². The number of anilines is 6. The fraction of sp³-hybridized carbons (Fsp3) is 0. The molecule has 0 fully saturated rings. The van der Waals surface area contributed by atoms with E-state index in [0.717, 1.165) is 50.8 Å². The third-order valence-corrected chi connectivity index (χ3v) is 30.0. The molecule has 0 saturated heterocycles. The summed E-state index contributed by atoms with van der Waals surface area (Å²) in [4.78, 5) is 5.22. The predicted molar refractivity (Wildman–Crippen MR) is 413 cm³/mol. The van der Waals surface area contributed by atoms with Gasteiger partial charge in [0.05, 0.1) is 16.7 Å². The van der Waals surface area contributed by atoms with Crippen molar-refractivity contribution >= 4 is 137 Å². The van der Waals surface area contributed by atoms with Gasteiger partial charge in [-0.05, 0) is 141 Å². The van der Waals surface area contributed by atoms with Crippen LogP contribution in [-0.4, -0.2) is 27.4 Å². The minimum Gasteiger partial charge on any atom is -0.311 e. The van der Waals surface area contributed by atoms with Crippen molar-refractivity contribution in [2.24, 2.45) is 0 Å². The number of nitrogens with zero attached hydrogens (tertiary/aromatic N) is 3. The lowest BCUT2D eigenvalue weighted by Crippen LogP contribution is -2.75. The average molecular weight is 1250 g/mol. The first kappa shape index (κ1) is 56.9. The lowest BCUT2D eigenvalue weighted by Gasteiger charge is -2.45. The second-order valence-electron chi connectivity index (χ2n) is 25.4. The highest BCUT2D eigenvalue weighted by Gasteiger charge is 2.48. The smallest absolute Gasteiger partial charge is 0.252 e. The molecule has 0 bridgehead atoms. The summed E-state index contributed by atoms with van der Waals surface area (Å²) in [6, 6.07) is 147. The second kappa shape index (κ2) is 23.6. The third-order valence-electron chi connectivity index (χ3n) is 20.5. The highest BCUT2D eigenvalue weighted by Crippen LogP contribution is 2.47. The van der Waals surface area contributed by atoms with Crippen molar-refractivity contribution in [3.8, 4) is 27.9 Å². The Labute approximate surface area is 563 Å². The molecule has 0 spiro atoms. The molecule has 0 radical (unpaired) electrons. The van der Waals surface area contributed by atoms with Crippen LogP contribution in [0, 0.1) is 0 Å². The van der Waals surface area contributed by atoms with E-state index in [0.29, 0.717) is 0 Å². The lowest BCUT2D eigenvalue weighted by molar-refractivity contribution is 1.16. The van der Waals surface area contributed by atoms with Crippen molar-refractivity contribution in [2.45, 2.75) is 0 Å². The van der Waals surface area contributed by atoms with E-state index >= 15 is 0 Å². The van der Waals surface area contributed by atoms with Crippen molar-refractivity contribution in [1.29, 1.82) is 0 Å². The van der Waals surface area contributed by atoms with E-state index in [4.69, 9.17) is 0 Å². The van der Waals surface area contributed by atoms with Crippen molar-refractivity contribution < 1.29 is 0 Å². The summed E-state index contributed by atoms with van der Waals surface area (Å²) in [7, 11) is -6.01. The van der Waals surface area contributed by atoms with Gasteiger partial charge < -0.3 is 14.4 Å². The van der Waals surface area contributed by atoms with Gasteiger partial charge in [-0.1, -0.05) is 328 Å². The first-order valence-corrected chi connectivity index (χ1v) is 37.3. The van der Waals surface area contributed by atoms with Crippen molar-refractivity contribution in [3.05, 3.63) is 388 Å². The van der Waals surface area contributed by atoms with Gasteiger partial charge >= 0.3 is 0 Å². The van der Waals surface area contributed by atoms with Crippen LogP contribution in [0.5, 0.6) is 0 Å². The topological polar surface area (TPSA) is 11.4 Å². The molecular weight excluding hydrogens is 1190 g/mol. The number of aromatic nitrogens is 1. The molecule has 3 heterocycles. The largest absolute Gasteiger partial charge is 0.311 e. The molecule has 2 aliphatic rings. The van der Waals surface area contributed by atoms with Gasteiger partial charge in [0.25, 0.3) is 6.71 Å². The Kier molecular flexibility index (Phi) is 14.0. The molecule has 16 aromatic rings. The van der Waals surface area contributed by atoms with Crippen LogP contribution in [0.25, 0.3) is 49.7 Å². The Morgan fingerprint density at radius 2 is 0.542 bits per heavy atom. The van der Waals surface area contributed by atoms with E-state index < -0.39 is 16.1 Å². The Balaban J connectivity index is 0.965. The van der Waals surface area contributed by atoms with Crippen LogP contribution in [0.15, 0.2) is 388 Å². The van der Waals surface area contributed by atoms with Gasteiger partial charge in [-0.25, -0.2) is 0 Å². The van der Waals surface area contributed by atoms with Crippen LogP contribution in [0.4, 0.5) is 34.1 Å². The minimum absolute atomic E-state index is 0.198. The first-order valence-electron chi connectivity index (χ1n) is 33.3. The fourth-order valence-corrected chi connectivity index (χ4v) is 25.9. The molecule has 0 aliphatic carbocycles. The zero-order chi connectivity index (χ0) is 63.6. The van der Waals surface area contributed by atoms with Crippen molar-refractivity contribution in [2.75, 3.05) is 9.80 Å². The van der Waals surface area contributed by atoms with Crippen molar-refractivity contribution in [3.63, 3.8) is 0 Å². The SMILES string of the molecule is c1ccc(-c2ccc(N3c4cc(-c5ccccc5)ccc4B4c5cc([Si](c6ccccc6)(c6ccccc6)c6ccccc6)ccc5N(c5ccc([Si](c6ccccc6)(c6ccccc6)c6ccccc6)cc5)c5cc(-n6c7ccccc7c7ccccc76)cc3c54)cc2)cc1. The summed E-state index contributed by atoms with van der Waals surface area (Å²) in [6.07, 6.45) is 0. The molecule has 0 amide bonds. The van der Waals surface area contributed by atoms with Crippen LogP contribution in [0.3, 0.4) is 0 Å². The zero-order valence-corrected chi connectivity index (χ0v) is 54.9. The maximum Gasteiger partial charge on any atom is 0.252 e. The van der Waals surface area contributed by atoms with Gasteiger partial charge in [-0.15, -0.1) is 0 Å². The van der Waals surface area contributed by atoms with Gasteiger partial charge in [0.1, 0.15) is 0 Å². The Hall–Kier alpha value is -11.8. The molecule has 0 unspecified atom stereocenters. The van der Waals surface area contributed by atoms with Crippen LogP contribution < -0.4 is 67.7 Å². The van der Waals surface area contributed by atoms with Gasteiger partial charge in [0.2, 0.25) is 0 Å². The number of rotatable bonds is 13. The summed E-state index contributed by atoms with van der Waals surface area (Å²) in [5, 5.41) is 13.1. The first-order chi connectivity index (χ1) is 47.6. The summed E-state index contributed by atoms with van der Waals surface area (Å²) < 4.78 is 2.52. The third kappa shape index (κ3) is 9.09. The van der Waals surface area contributed by atoms with E-state index in [9.17, 15) is 0 Å². The predicted octanol–water partition coefficient (Wildman–Crippen LogP) is 15.0. The minimum atomic E-state index is -3.08. The normalized spacial score (nSPS) is 12.5. The molecule has 18 rings (SSSR count). The molecule has 96 heavy (non-hydrogen) atoms. The number of para-hydroxylation sites is 2. The molecule has 0 saturated carbocycles. The number of fused-ring (bicyclic) bond motifs is 7. The van der Waals surface area contributed by atoms with E-state index in [-0.39, 0.29) is 6.71 Å². The Morgan fingerprint density at radius 3 is 0.990 bits per heavy atom. The van der Waals surface area contributed by atoms with Crippen LogP contribution in [-0.2, 0) is 0 Å². The molecule has 2 aliphatic heterocycles. The summed E-state index contributed by atoms with van der Waals surface area (Å²) in [6.45, 7) is -0.198. The fourth-order valence-electron chi connectivity index (χ4n) is 16.3. The monoisotopic (exact) mass is 1250 g/mol. The molecule has 15 aromatic carbocycles. The number of hydrogen-bond donors (Lipinski definition) is 0.